The predicted octanol–water partition coefficient (Wildman–Crippen LogP) is 3.52. The zero-order valence-corrected chi connectivity index (χ0v) is 9.13. The Balaban J connectivity index is 2.27. The van der Waals surface area contributed by atoms with Gasteiger partial charge in [-0.15, -0.1) is 11.3 Å². The number of halogens is 1. The lowest BCUT2D eigenvalue weighted by atomic mass is 9.81. The van der Waals surface area contributed by atoms with Crippen molar-refractivity contribution in [3.8, 4) is 0 Å². The Morgan fingerprint density at radius 3 is 2.54 bits per heavy atom. The van der Waals surface area contributed by atoms with E-state index < -0.39 is 0 Å². The minimum Gasteiger partial charge on any atom is -0.321 e. The van der Waals surface area contributed by atoms with E-state index in [1.54, 1.807) is 11.3 Å². The summed E-state index contributed by atoms with van der Waals surface area (Å²) in [6.07, 6.45) is 5.98. The third-order valence-corrected chi connectivity index (χ3v) is 4.38. The molecule has 0 aromatic carbocycles. The molecule has 0 saturated heterocycles. The molecular weight excluding hydrogens is 202 g/mol. The van der Waals surface area contributed by atoms with Crippen molar-refractivity contribution >= 4 is 22.9 Å². The molecule has 0 amide bonds. The molecule has 1 saturated carbocycles. The number of rotatable bonds is 1. The van der Waals surface area contributed by atoms with E-state index in [2.05, 4.69) is 0 Å². The summed E-state index contributed by atoms with van der Waals surface area (Å²) in [4.78, 5) is 1.19. The maximum atomic E-state index is 6.35. The van der Waals surface area contributed by atoms with E-state index >= 15 is 0 Å². The minimum atomic E-state index is -0.122. The summed E-state index contributed by atoms with van der Waals surface area (Å²) in [7, 11) is 0. The van der Waals surface area contributed by atoms with Crippen molar-refractivity contribution in [2.45, 2.75) is 37.6 Å². The zero-order chi connectivity index (χ0) is 9.31. The van der Waals surface area contributed by atoms with Gasteiger partial charge in [0.2, 0.25) is 0 Å². The lowest BCUT2D eigenvalue weighted by Gasteiger charge is -2.32. The summed E-state index contributed by atoms with van der Waals surface area (Å²) in [5.74, 6) is 0. The van der Waals surface area contributed by atoms with Crippen LogP contribution in [0.25, 0.3) is 0 Å². The third-order valence-electron chi connectivity index (χ3n) is 2.82. The Morgan fingerprint density at radius 1 is 1.31 bits per heavy atom. The molecule has 1 aliphatic rings. The highest BCUT2D eigenvalue weighted by atomic mass is 35.5. The van der Waals surface area contributed by atoms with Gasteiger partial charge in [0, 0.05) is 4.88 Å². The van der Waals surface area contributed by atoms with Crippen molar-refractivity contribution < 1.29 is 0 Å². The highest BCUT2D eigenvalue weighted by Gasteiger charge is 2.32. The average Bonchev–Trinajstić information content (AvgIpc) is 2.53. The fraction of sp³-hybridized carbons (Fsp3) is 0.600. The molecule has 1 heterocycles. The molecule has 72 valence electrons. The summed E-state index contributed by atoms with van der Waals surface area (Å²) in [5, 5.41) is 2.88. The van der Waals surface area contributed by atoms with Crippen molar-refractivity contribution in [2.75, 3.05) is 0 Å². The van der Waals surface area contributed by atoms with Gasteiger partial charge < -0.3 is 5.73 Å². The van der Waals surface area contributed by atoms with E-state index in [0.29, 0.717) is 0 Å². The van der Waals surface area contributed by atoms with Crippen LogP contribution in [0.5, 0.6) is 0 Å². The largest absolute Gasteiger partial charge is 0.321 e. The Kier molecular flexibility index (Phi) is 2.63. The van der Waals surface area contributed by atoms with Gasteiger partial charge in [0.15, 0.2) is 0 Å². The van der Waals surface area contributed by atoms with Crippen LogP contribution in [0, 0.1) is 0 Å². The molecule has 0 atom stereocenters. The molecular formula is C10H14ClNS. The molecule has 13 heavy (non-hydrogen) atoms. The molecule has 2 rings (SSSR count). The summed E-state index contributed by atoms with van der Waals surface area (Å²) < 4.78 is 0. The first-order chi connectivity index (χ1) is 6.22. The van der Waals surface area contributed by atoms with Crippen molar-refractivity contribution in [1.82, 2.24) is 0 Å². The van der Waals surface area contributed by atoms with Gasteiger partial charge in [-0.3, -0.25) is 0 Å². The van der Waals surface area contributed by atoms with Crippen molar-refractivity contribution in [1.29, 1.82) is 0 Å². The van der Waals surface area contributed by atoms with Crippen LogP contribution in [-0.2, 0) is 5.54 Å². The van der Waals surface area contributed by atoms with Gasteiger partial charge in [-0.25, -0.2) is 0 Å². The monoisotopic (exact) mass is 215 g/mol. The van der Waals surface area contributed by atoms with Gasteiger partial charge in [0.1, 0.15) is 0 Å². The Morgan fingerprint density at radius 2 is 2.00 bits per heavy atom. The molecule has 1 nitrogen and oxygen atoms in total. The molecule has 3 heteroatoms. The fourth-order valence-corrected chi connectivity index (χ4v) is 3.48. The highest BCUT2D eigenvalue weighted by Crippen LogP contribution is 2.40. The van der Waals surface area contributed by atoms with E-state index in [4.69, 9.17) is 17.3 Å². The lowest BCUT2D eigenvalue weighted by Crippen LogP contribution is -2.37. The SMILES string of the molecule is NC1(c2sccc2Cl)CCCCC1. The van der Waals surface area contributed by atoms with E-state index in [-0.39, 0.29) is 5.54 Å². The topological polar surface area (TPSA) is 26.0 Å². The Labute approximate surface area is 87.9 Å². The van der Waals surface area contributed by atoms with Crippen LogP contribution in [0.15, 0.2) is 11.4 Å². The van der Waals surface area contributed by atoms with Crippen LogP contribution in [0.3, 0.4) is 0 Å². The van der Waals surface area contributed by atoms with Gasteiger partial charge in [0.25, 0.3) is 0 Å². The van der Waals surface area contributed by atoms with Crippen LogP contribution in [0.1, 0.15) is 37.0 Å². The first-order valence-corrected chi connectivity index (χ1v) is 6.00. The number of hydrogen-bond donors (Lipinski definition) is 1. The third kappa shape index (κ3) is 1.76. The van der Waals surface area contributed by atoms with Crippen LogP contribution in [0.4, 0.5) is 0 Å². The highest BCUT2D eigenvalue weighted by molar-refractivity contribution is 7.10. The number of nitrogens with two attached hydrogens (primary N) is 1. The summed E-state index contributed by atoms with van der Waals surface area (Å²) in [5.41, 5.74) is 6.23. The van der Waals surface area contributed by atoms with Gasteiger partial charge >= 0.3 is 0 Å². The molecule has 0 spiro atoms. The molecule has 1 aliphatic carbocycles. The van der Waals surface area contributed by atoms with Crippen molar-refractivity contribution in [2.24, 2.45) is 5.73 Å². The first-order valence-electron chi connectivity index (χ1n) is 4.75. The van der Waals surface area contributed by atoms with Crippen LogP contribution < -0.4 is 5.73 Å². The standard InChI is InChI=1S/C10H14ClNS/c11-8-4-7-13-9(8)10(12)5-2-1-3-6-10/h4,7H,1-3,5-6,12H2. The van der Waals surface area contributed by atoms with Gasteiger partial charge in [-0.2, -0.15) is 0 Å². The molecule has 0 bridgehead atoms. The molecule has 2 N–H and O–H groups in total. The summed E-state index contributed by atoms with van der Waals surface area (Å²) >= 11 is 7.79. The minimum absolute atomic E-state index is 0.122. The average molecular weight is 216 g/mol. The maximum Gasteiger partial charge on any atom is 0.0564 e. The van der Waals surface area contributed by atoms with Gasteiger partial charge in [-0.1, -0.05) is 30.9 Å². The second-order valence-electron chi connectivity index (χ2n) is 3.81. The Hall–Kier alpha value is -0.0500. The van der Waals surface area contributed by atoms with E-state index in [0.717, 1.165) is 17.9 Å². The van der Waals surface area contributed by atoms with Crippen LogP contribution in [-0.4, -0.2) is 0 Å². The summed E-state index contributed by atoms with van der Waals surface area (Å²) in [6, 6.07) is 1.95. The quantitative estimate of drug-likeness (QED) is 0.762. The van der Waals surface area contributed by atoms with E-state index in [9.17, 15) is 0 Å². The fourth-order valence-electron chi connectivity index (χ4n) is 2.06. The molecule has 1 aromatic heterocycles. The van der Waals surface area contributed by atoms with E-state index in [1.807, 2.05) is 11.4 Å². The van der Waals surface area contributed by atoms with Crippen LogP contribution in [0.2, 0.25) is 5.02 Å². The lowest BCUT2D eigenvalue weighted by molar-refractivity contribution is 0.308. The number of hydrogen-bond acceptors (Lipinski definition) is 2. The molecule has 1 aromatic rings. The maximum absolute atomic E-state index is 6.35. The summed E-state index contributed by atoms with van der Waals surface area (Å²) in [6.45, 7) is 0. The predicted molar refractivity (Wildman–Crippen MR) is 58.3 cm³/mol. The smallest absolute Gasteiger partial charge is 0.0564 e. The first kappa shape index (κ1) is 9.50. The van der Waals surface area contributed by atoms with Crippen molar-refractivity contribution in [3.05, 3.63) is 21.3 Å². The second-order valence-corrected chi connectivity index (χ2v) is 5.14. The Bertz CT molecular complexity index is 289. The molecule has 0 radical (unpaired) electrons. The van der Waals surface area contributed by atoms with Crippen molar-refractivity contribution in [3.63, 3.8) is 0 Å². The molecule has 0 unspecified atom stereocenters. The van der Waals surface area contributed by atoms with Gasteiger partial charge in [0.05, 0.1) is 10.6 Å². The number of thiophene rings is 1. The second kappa shape index (κ2) is 3.60. The normalized spacial score (nSPS) is 21.7. The molecule has 1 fully saturated rings. The zero-order valence-electron chi connectivity index (χ0n) is 7.55. The van der Waals surface area contributed by atoms with E-state index in [1.165, 1.54) is 24.1 Å². The van der Waals surface area contributed by atoms with Crippen LogP contribution >= 0.6 is 22.9 Å². The van der Waals surface area contributed by atoms with Gasteiger partial charge in [-0.05, 0) is 24.3 Å². The molecule has 0 aliphatic heterocycles.